The van der Waals surface area contributed by atoms with Gasteiger partial charge < -0.3 is 15.4 Å². The third-order valence-electron chi connectivity index (χ3n) is 5.71. The molecular weight excluding hydrogens is 352 g/mol. The van der Waals surface area contributed by atoms with E-state index in [1.807, 2.05) is 18.2 Å². The van der Waals surface area contributed by atoms with Crippen molar-refractivity contribution in [1.29, 1.82) is 0 Å². The lowest BCUT2D eigenvalue weighted by molar-refractivity contribution is -0.117. The average Bonchev–Trinajstić information content (AvgIpc) is 3.42. The number of nitrogens with one attached hydrogen (secondary N) is 2. The van der Waals surface area contributed by atoms with Crippen LogP contribution in [-0.4, -0.2) is 25.0 Å². The summed E-state index contributed by atoms with van der Waals surface area (Å²) in [6, 6.07) is 15.1. The Hall–Kier alpha value is -2.82. The molecule has 1 heterocycles. The zero-order chi connectivity index (χ0) is 19.7. The molecule has 1 fully saturated rings. The summed E-state index contributed by atoms with van der Waals surface area (Å²) in [6.07, 6.45) is 1.73. The van der Waals surface area contributed by atoms with Crippen LogP contribution in [0.3, 0.4) is 0 Å². The van der Waals surface area contributed by atoms with Crippen LogP contribution < -0.4 is 15.4 Å². The molecule has 1 saturated carbocycles. The van der Waals surface area contributed by atoms with Gasteiger partial charge >= 0.3 is 0 Å². The summed E-state index contributed by atoms with van der Waals surface area (Å²) in [6.45, 7) is 5.41. The molecule has 0 bridgehead atoms. The predicted octanol–water partition coefficient (Wildman–Crippen LogP) is 3.75. The summed E-state index contributed by atoms with van der Waals surface area (Å²) in [5, 5.41) is 5.91. The van der Waals surface area contributed by atoms with Crippen LogP contribution in [0.2, 0.25) is 0 Å². The first-order valence-corrected chi connectivity index (χ1v) is 9.91. The van der Waals surface area contributed by atoms with Crippen molar-refractivity contribution in [2.24, 2.45) is 11.8 Å². The highest BCUT2D eigenvalue weighted by Gasteiger charge is 2.60. The van der Waals surface area contributed by atoms with Gasteiger partial charge in [-0.15, -0.1) is 0 Å². The number of ether oxygens (including phenoxy) is 1. The van der Waals surface area contributed by atoms with Gasteiger partial charge in [-0.1, -0.05) is 32.0 Å². The summed E-state index contributed by atoms with van der Waals surface area (Å²) in [5.74, 6) is 1.22. The van der Waals surface area contributed by atoms with E-state index in [-0.39, 0.29) is 23.1 Å². The number of fused-ring (bicyclic) bond motifs is 2. The molecule has 0 aromatic heterocycles. The van der Waals surface area contributed by atoms with E-state index in [0.29, 0.717) is 30.3 Å². The highest BCUT2D eigenvalue weighted by Crippen LogP contribution is 2.60. The molecule has 0 saturated heterocycles. The first-order chi connectivity index (χ1) is 13.5. The van der Waals surface area contributed by atoms with Gasteiger partial charge in [-0.3, -0.25) is 9.59 Å². The number of rotatable bonds is 5. The van der Waals surface area contributed by atoms with E-state index in [1.54, 1.807) is 24.3 Å². The van der Waals surface area contributed by atoms with Gasteiger partial charge in [0.1, 0.15) is 5.75 Å². The van der Waals surface area contributed by atoms with E-state index in [2.05, 4.69) is 30.5 Å². The van der Waals surface area contributed by atoms with Gasteiger partial charge in [-0.25, -0.2) is 0 Å². The number of carbonyl (C=O) groups is 2. The standard InChI is InChI=1S/C23H26N2O3/c1-15(2)14-24-21(26)16-7-9-17(10-8-16)25-22(27)19-13-23(19)11-12-28-20-6-4-3-5-18(20)23/h3-10,15,19H,11-14H2,1-2H3,(H,24,26)(H,25,27)/t19-,23-/m0/s1. The Bertz CT molecular complexity index is 891. The van der Waals surface area contributed by atoms with E-state index in [0.717, 1.165) is 24.2 Å². The number of benzene rings is 2. The average molecular weight is 378 g/mol. The van der Waals surface area contributed by atoms with Gasteiger partial charge in [0.2, 0.25) is 5.91 Å². The Morgan fingerprint density at radius 1 is 1.14 bits per heavy atom. The molecular formula is C23H26N2O3. The number of carbonyl (C=O) groups excluding carboxylic acids is 2. The van der Waals surface area contributed by atoms with Crippen molar-refractivity contribution in [1.82, 2.24) is 5.32 Å². The minimum absolute atomic E-state index is 0.0356. The molecule has 5 heteroatoms. The van der Waals surface area contributed by atoms with Gasteiger partial charge in [0, 0.05) is 34.7 Å². The quantitative estimate of drug-likeness (QED) is 0.833. The van der Waals surface area contributed by atoms with Crippen LogP contribution in [0.4, 0.5) is 5.69 Å². The smallest absolute Gasteiger partial charge is 0.251 e. The Morgan fingerprint density at radius 3 is 2.64 bits per heavy atom. The third-order valence-corrected chi connectivity index (χ3v) is 5.71. The Balaban J connectivity index is 1.40. The molecule has 0 unspecified atom stereocenters. The van der Waals surface area contributed by atoms with Crippen LogP contribution >= 0.6 is 0 Å². The maximum Gasteiger partial charge on any atom is 0.251 e. The largest absolute Gasteiger partial charge is 0.493 e. The molecule has 0 radical (unpaired) electrons. The van der Waals surface area contributed by atoms with E-state index in [4.69, 9.17) is 4.74 Å². The van der Waals surface area contributed by atoms with E-state index in [1.165, 1.54) is 0 Å². The second-order valence-corrected chi connectivity index (χ2v) is 8.18. The summed E-state index contributed by atoms with van der Waals surface area (Å²) in [5.41, 5.74) is 2.38. The summed E-state index contributed by atoms with van der Waals surface area (Å²) in [7, 11) is 0. The first-order valence-electron chi connectivity index (χ1n) is 9.91. The molecule has 2 aromatic rings. The van der Waals surface area contributed by atoms with Crippen molar-refractivity contribution in [3.05, 3.63) is 59.7 Å². The fraction of sp³-hybridized carbons (Fsp3) is 0.391. The van der Waals surface area contributed by atoms with Crippen LogP contribution in [0.1, 0.15) is 42.6 Å². The lowest BCUT2D eigenvalue weighted by Gasteiger charge is -2.26. The summed E-state index contributed by atoms with van der Waals surface area (Å²) < 4.78 is 5.75. The van der Waals surface area contributed by atoms with Crippen molar-refractivity contribution < 1.29 is 14.3 Å². The number of hydrogen-bond donors (Lipinski definition) is 2. The van der Waals surface area contributed by atoms with Crippen LogP contribution in [0, 0.1) is 11.8 Å². The summed E-state index contributed by atoms with van der Waals surface area (Å²) in [4.78, 5) is 24.9. The Labute approximate surface area is 165 Å². The highest BCUT2D eigenvalue weighted by atomic mass is 16.5. The number of para-hydroxylation sites is 1. The molecule has 146 valence electrons. The highest BCUT2D eigenvalue weighted by molar-refractivity contribution is 5.98. The molecule has 2 aromatic carbocycles. The normalized spacial score (nSPS) is 22.3. The van der Waals surface area contributed by atoms with Crippen LogP contribution in [0.15, 0.2) is 48.5 Å². The molecule has 2 amide bonds. The van der Waals surface area contributed by atoms with E-state index < -0.39 is 0 Å². The second kappa shape index (κ2) is 7.30. The van der Waals surface area contributed by atoms with Gasteiger partial charge in [0.15, 0.2) is 0 Å². The molecule has 2 aliphatic rings. The molecule has 5 nitrogen and oxygen atoms in total. The topological polar surface area (TPSA) is 67.4 Å². The number of amides is 2. The van der Waals surface area contributed by atoms with Gasteiger partial charge in [-0.05, 0) is 49.1 Å². The van der Waals surface area contributed by atoms with Crippen molar-refractivity contribution in [3.8, 4) is 5.75 Å². The fourth-order valence-electron chi connectivity index (χ4n) is 4.04. The van der Waals surface area contributed by atoms with Crippen LogP contribution in [-0.2, 0) is 10.2 Å². The summed E-state index contributed by atoms with van der Waals surface area (Å²) >= 11 is 0. The monoisotopic (exact) mass is 378 g/mol. The molecule has 2 N–H and O–H groups in total. The van der Waals surface area contributed by atoms with Crippen molar-refractivity contribution in [2.75, 3.05) is 18.5 Å². The molecule has 1 aliphatic carbocycles. The lowest BCUT2D eigenvalue weighted by atomic mass is 9.87. The minimum atomic E-state index is -0.0912. The third kappa shape index (κ3) is 3.49. The fourth-order valence-corrected chi connectivity index (χ4v) is 4.04. The van der Waals surface area contributed by atoms with Crippen LogP contribution in [0.25, 0.3) is 0 Å². The van der Waals surface area contributed by atoms with Crippen molar-refractivity contribution in [2.45, 2.75) is 32.1 Å². The van der Waals surface area contributed by atoms with E-state index >= 15 is 0 Å². The van der Waals surface area contributed by atoms with Crippen molar-refractivity contribution in [3.63, 3.8) is 0 Å². The van der Waals surface area contributed by atoms with Gasteiger partial charge in [0.05, 0.1) is 6.61 Å². The Morgan fingerprint density at radius 2 is 1.89 bits per heavy atom. The predicted molar refractivity (Wildman–Crippen MR) is 109 cm³/mol. The number of hydrogen-bond acceptors (Lipinski definition) is 3. The second-order valence-electron chi connectivity index (χ2n) is 8.18. The van der Waals surface area contributed by atoms with Gasteiger partial charge in [0.25, 0.3) is 5.91 Å². The maximum absolute atomic E-state index is 12.8. The molecule has 28 heavy (non-hydrogen) atoms. The maximum atomic E-state index is 12.8. The zero-order valence-corrected chi connectivity index (χ0v) is 16.3. The SMILES string of the molecule is CC(C)CNC(=O)c1ccc(NC(=O)[C@@H]2C[C@]23CCOc2ccccc23)cc1. The molecule has 1 aliphatic heterocycles. The zero-order valence-electron chi connectivity index (χ0n) is 16.3. The Kier molecular flexibility index (Phi) is 4.84. The molecule has 4 rings (SSSR count). The van der Waals surface area contributed by atoms with Gasteiger partial charge in [-0.2, -0.15) is 0 Å². The number of anilines is 1. The lowest BCUT2D eigenvalue weighted by Crippen LogP contribution is -2.27. The molecule has 1 spiro atoms. The first kappa shape index (κ1) is 18.5. The van der Waals surface area contributed by atoms with Crippen LogP contribution in [0.5, 0.6) is 5.75 Å². The van der Waals surface area contributed by atoms with Crippen molar-refractivity contribution >= 4 is 17.5 Å². The molecule has 2 atom stereocenters. The van der Waals surface area contributed by atoms with E-state index in [9.17, 15) is 9.59 Å². The minimum Gasteiger partial charge on any atom is -0.493 e.